The molecule has 0 radical (unpaired) electrons. The second-order valence-corrected chi connectivity index (χ2v) is 4.73. The first-order chi connectivity index (χ1) is 6.48. The summed E-state index contributed by atoms with van der Waals surface area (Å²) in [7, 11) is 0. The SMILES string of the molecule is CCOC(=O)C1(N)CC(C)CC(C)C1. The van der Waals surface area contributed by atoms with Crippen LogP contribution in [0.3, 0.4) is 0 Å². The van der Waals surface area contributed by atoms with Gasteiger partial charge in [0.1, 0.15) is 5.54 Å². The van der Waals surface area contributed by atoms with E-state index in [4.69, 9.17) is 10.5 Å². The standard InChI is InChI=1S/C11H21NO2/c1-4-14-10(13)11(12)6-8(2)5-9(3)7-11/h8-9H,4-7,12H2,1-3H3. The fourth-order valence-electron chi connectivity index (χ4n) is 2.62. The van der Waals surface area contributed by atoms with Crippen molar-refractivity contribution in [1.29, 1.82) is 0 Å². The molecule has 1 fully saturated rings. The lowest BCUT2D eigenvalue weighted by atomic mass is 9.72. The van der Waals surface area contributed by atoms with Gasteiger partial charge >= 0.3 is 5.97 Å². The minimum atomic E-state index is -0.729. The molecule has 0 saturated heterocycles. The fraction of sp³-hybridized carbons (Fsp3) is 0.909. The Kier molecular flexibility index (Phi) is 3.53. The number of rotatable bonds is 2. The molecule has 0 amide bonds. The average molecular weight is 199 g/mol. The van der Waals surface area contributed by atoms with Gasteiger partial charge in [0.15, 0.2) is 0 Å². The van der Waals surface area contributed by atoms with Crippen LogP contribution in [0, 0.1) is 11.8 Å². The molecule has 1 aliphatic rings. The summed E-state index contributed by atoms with van der Waals surface area (Å²) in [5.41, 5.74) is 5.37. The van der Waals surface area contributed by atoms with Gasteiger partial charge in [0.25, 0.3) is 0 Å². The van der Waals surface area contributed by atoms with Crippen LogP contribution in [0.4, 0.5) is 0 Å². The molecule has 2 N–H and O–H groups in total. The number of hydrogen-bond donors (Lipinski definition) is 1. The maximum Gasteiger partial charge on any atom is 0.326 e. The number of carbonyl (C=O) groups is 1. The molecule has 2 atom stereocenters. The van der Waals surface area contributed by atoms with E-state index in [1.807, 2.05) is 6.92 Å². The Morgan fingerprint density at radius 2 is 1.93 bits per heavy atom. The number of hydrogen-bond acceptors (Lipinski definition) is 3. The van der Waals surface area contributed by atoms with E-state index in [2.05, 4.69) is 13.8 Å². The van der Waals surface area contributed by atoms with E-state index in [-0.39, 0.29) is 5.97 Å². The van der Waals surface area contributed by atoms with Crippen molar-refractivity contribution in [2.75, 3.05) is 6.61 Å². The third kappa shape index (κ3) is 2.47. The summed E-state index contributed by atoms with van der Waals surface area (Å²) in [6, 6.07) is 0. The Hall–Kier alpha value is -0.570. The van der Waals surface area contributed by atoms with E-state index in [0.29, 0.717) is 18.4 Å². The molecule has 0 bridgehead atoms. The first-order valence-corrected chi connectivity index (χ1v) is 5.44. The van der Waals surface area contributed by atoms with E-state index in [0.717, 1.165) is 12.8 Å². The maximum absolute atomic E-state index is 11.7. The summed E-state index contributed by atoms with van der Waals surface area (Å²) in [6.07, 6.45) is 2.69. The average Bonchev–Trinajstić information content (AvgIpc) is 2.01. The molecule has 0 aromatic heterocycles. The van der Waals surface area contributed by atoms with Crippen LogP contribution in [-0.2, 0) is 9.53 Å². The highest BCUT2D eigenvalue weighted by Gasteiger charge is 2.41. The smallest absolute Gasteiger partial charge is 0.326 e. The van der Waals surface area contributed by atoms with Crippen LogP contribution in [0.25, 0.3) is 0 Å². The van der Waals surface area contributed by atoms with Crippen LogP contribution in [0.2, 0.25) is 0 Å². The molecule has 0 heterocycles. The fourth-order valence-corrected chi connectivity index (χ4v) is 2.62. The minimum absolute atomic E-state index is 0.224. The molecule has 82 valence electrons. The van der Waals surface area contributed by atoms with Gasteiger partial charge in [-0.2, -0.15) is 0 Å². The highest BCUT2D eigenvalue weighted by molar-refractivity contribution is 5.80. The summed E-state index contributed by atoms with van der Waals surface area (Å²) >= 11 is 0. The van der Waals surface area contributed by atoms with Gasteiger partial charge in [0.2, 0.25) is 0 Å². The van der Waals surface area contributed by atoms with Crippen molar-refractivity contribution in [1.82, 2.24) is 0 Å². The highest BCUT2D eigenvalue weighted by atomic mass is 16.5. The Morgan fingerprint density at radius 3 is 2.36 bits per heavy atom. The van der Waals surface area contributed by atoms with Crippen molar-refractivity contribution in [2.45, 2.75) is 45.6 Å². The lowest BCUT2D eigenvalue weighted by molar-refractivity contribution is -0.152. The van der Waals surface area contributed by atoms with Crippen LogP contribution in [0.5, 0.6) is 0 Å². The second-order valence-electron chi connectivity index (χ2n) is 4.73. The quantitative estimate of drug-likeness (QED) is 0.689. The molecule has 0 aromatic rings. The van der Waals surface area contributed by atoms with Gasteiger partial charge in [0, 0.05) is 0 Å². The lowest BCUT2D eigenvalue weighted by Gasteiger charge is -2.37. The minimum Gasteiger partial charge on any atom is -0.465 e. The van der Waals surface area contributed by atoms with Gasteiger partial charge in [-0.15, -0.1) is 0 Å². The van der Waals surface area contributed by atoms with Crippen molar-refractivity contribution < 1.29 is 9.53 Å². The molecule has 3 nitrogen and oxygen atoms in total. The third-order valence-corrected chi connectivity index (χ3v) is 2.91. The van der Waals surface area contributed by atoms with Gasteiger partial charge in [-0.3, -0.25) is 4.79 Å². The van der Waals surface area contributed by atoms with E-state index < -0.39 is 5.54 Å². The molecular formula is C11H21NO2. The van der Waals surface area contributed by atoms with Crippen LogP contribution in [0.1, 0.15) is 40.0 Å². The summed E-state index contributed by atoms with van der Waals surface area (Å²) in [6.45, 7) is 6.53. The van der Waals surface area contributed by atoms with Gasteiger partial charge in [-0.25, -0.2) is 0 Å². The summed E-state index contributed by atoms with van der Waals surface area (Å²) in [4.78, 5) is 11.7. The van der Waals surface area contributed by atoms with Crippen molar-refractivity contribution in [3.8, 4) is 0 Å². The number of nitrogens with two attached hydrogens (primary N) is 1. The van der Waals surface area contributed by atoms with Gasteiger partial charge in [0.05, 0.1) is 6.61 Å². The summed E-state index contributed by atoms with van der Waals surface area (Å²) < 4.78 is 5.02. The molecule has 1 aliphatic carbocycles. The zero-order valence-corrected chi connectivity index (χ0v) is 9.38. The van der Waals surface area contributed by atoms with E-state index in [1.54, 1.807) is 0 Å². The first kappa shape index (κ1) is 11.5. The Labute approximate surface area is 86.0 Å². The van der Waals surface area contributed by atoms with E-state index >= 15 is 0 Å². The maximum atomic E-state index is 11.7. The third-order valence-electron chi connectivity index (χ3n) is 2.91. The Morgan fingerprint density at radius 1 is 1.43 bits per heavy atom. The predicted octanol–water partition coefficient (Wildman–Crippen LogP) is 1.70. The normalized spacial score (nSPS) is 38.0. The largest absolute Gasteiger partial charge is 0.465 e. The topological polar surface area (TPSA) is 52.3 Å². The van der Waals surface area contributed by atoms with Gasteiger partial charge < -0.3 is 10.5 Å². The van der Waals surface area contributed by atoms with Crippen molar-refractivity contribution >= 4 is 5.97 Å². The molecular weight excluding hydrogens is 178 g/mol. The second kappa shape index (κ2) is 4.30. The molecule has 14 heavy (non-hydrogen) atoms. The van der Waals surface area contributed by atoms with Gasteiger partial charge in [-0.05, 0) is 38.0 Å². The van der Waals surface area contributed by atoms with Crippen molar-refractivity contribution in [3.05, 3.63) is 0 Å². The molecule has 0 aliphatic heterocycles. The highest BCUT2D eigenvalue weighted by Crippen LogP contribution is 2.35. The molecule has 3 heteroatoms. The Balaban J connectivity index is 2.67. The first-order valence-electron chi connectivity index (χ1n) is 5.44. The zero-order chi connectivity index (χ0) is 10.8. The zero-order valence-electron chi connectivity index (χ0n) is 9.38. The van der Waals surface area contributed by atoms with Crippen LogP contribution in [0.15, 0.2) is 0 Å². The lowest BCUT2D eigenvalue weighted by Crippen LogP contribution is -2.53. The van der Waals surface area contributed by atoms with Gasteiger partial charge in [-0.1, -0.05) is 13.8 Å². The van der Waals surface area contributed by atoms with Crippen LogP contribution < -0.4 is 5.73 Å². The molecule has 1 saturated carbocycles. The number of esters is 1. The number of carbonyl (C=O) groups excluding carboxylic acids is 1. The van der Waals surface area contributed by atoms with E-state index in [1.165, 1.54) is 6.42 Å². The van der Waals surface area contributed by atoms with E-state index in [9.17, 15) is 4.79 Å². The van der Waals surface area contributed by atoms with Crippen LogP contribution in [-0.4, -0.2) is 18.1 Å². The Bertz CT molecular complexity index is 205. The van der Waals surface area contributed by atoms with Crippen molar-refractivity contribution in [2.24, 2.45) is 17.6 Å². The van der Waals surface area contributed by atoms with Crippen molar-refractivity contribution in [3.63, 3.8) is 0 Å². The summed E-state index contributed by atoms with van der Waals surface area (Å²) in [5.74, 6) is 0.819. The monoisotopic (exact) mass is 199 g/mol. The summed E-state index contributed by atoms with van der Waals surface area (Å²) in [5, 5.41) is 0. The number of ether oxygens (including phenoxy) is 1. The molecule has 0 spiro atoms. The molecule has 2 unspecified atom stereocenters. The van der Waals surface area contributed by atoms with Crippen LogP contribution >= 0.6 is 0 Å². The predicted molar refractivity (Wildman–Crippen MR) is 55.7 cm³/mol. The molecule has 0 aromatic carbocycles. The molecule has 1 rings (SSSR count).